The van der Waals surface area contributed by atoms with Gasteiger partial charge in [0.15, 0.2) is 17.5 Å². The first-order valence-corrected chi connectivity index (χ1v) is 16.4. The average molecular weight is 640 g/mol. The largest absolute Gasteiger partial charge is 0.248 e. The molecule has 0 aliphatic carbocycles. The fourth-order valence-corrected chi connectivity index (χ4v) is 5.95. The predicted molar refractivity (Wildman–Crippen MR) is 200 cm³/mol. The highest BCUT2D eigenvalue weighted by molar-refractivity contribution is 5.78. The molecular weight excluding hydrogens is 611 g/mol. The number of nitriles is 1. The summed E-state index contributed by atoms with van der Waals surface area (Å²) in [6.07, 6.45) is 0. The van der Waals surface area contributed by atoms with Gasteiger partial charge in [-0.15, -0.1) is 0 Å². The summed E-state index contributed by atoms with van der Waals surface area (Å²) in [4.78, 5) is 19.7. The van der Waals surface area contributed by atoms with Crippen molar-refractivity contribution < 1.29 is 0 Å². The zero-order chi connectivity index (χ0) is 33.7. The molecule has 0 saturated carbocycles. The molecule has 0 N–H and O–H groups in total. The maximum atomic E-state index is 9.29. The molecule has 234 valence electrons. The summed E-state index contributed by atoms with van der Waals surface area (Å²) in [5, 5.41) is 9.29. The molecule has 2 aromatic heterocycles. The van der Waals surface area contributed by atoms with Crippen LogP contribution >= 0.6 is 0 Å². The molecule has 0 unspecified atom stereocenters. The molecule has 50 heavy (non-hydrogen) atoms. The van der Waals surface area contributed by atoms with Crippen LogP contribution in [0.4, 0.5) is 0 Å². The molecule has 0 saturated heterocycles. The van der Waals surface area contributed by atoms with Crippen LogP contribution in [-0.2, 0) is 0 Å². The van der Waals surface area contributed by atoms with Crippen molar-refractivity contribution in [3.63, 3.8) is 0 Å². The highest BCUT2D eigenvalue weighted by atomic mass is 15.0. The fraction of sp³-hybridized carbons (Fsp3) is 0. The van der Waals surface area contributed by atoms with E-state index >= 15 is 0 Å². The normalized spacial score (nSPS) is 10.8. The lowest BCUT2D eigenvalue weighted by molar-refractivity contribution is 1.07. The molecule has 2 heterocycles. The van der Waals surface area contributed by atoms with E-state index in [1.54, 1.807) is 12.1 Å². The quantitative estimate of drug-likeness (QED) is 0.173. The van der Waals surface area contributed by atoms with Gasteiger partial charge in [0.2, 0.25) is 0 Å². The number of aromatic nitrogens is 4. The summed E-state index contributed by atoms with van der Waals surface area (Å²) in [6, 6.07) is 61.2. The van der Waals surface area contributed by atoms with Crippen molar-refractivity contribution in [2.45, 2.75) is 0 Å². The molecule has 0 amide bonds. The number of pyridine rings is 1. The van der Waals surface area contributed by atoms with Gasteiger partial charge in [-0.25, -0.2) is 19.9 Å². The van der Waals surface area contributed by atoms with Gasteiger partial charge in [-0.1, -0.05) is 133 Å². The van der Waals surface area contributed by atoms with Crippen LogP contribution < -0.4 is 0 Å². The summed E-state index contributed by atoms with van der Waals surface area (Å²) < 4.78 is 0. The van der Waals surface area contributed by atoms with Crippen LogP contribution in [0.3, 0.4) is 0 Å². The van der Waals surface area contributed by atoms with Gasteiger partial charge >= 0.3 is 0 Å². The second-order valence-corrected chi connectivity index (χ2v) is 11.9. The number of rotatable bonds is 7. The van der Waals surface area contributed by atoms with Crippen LogP contribution in [-0.4, -0.2) is 19.9 Å². The lowest BCUT2D eigenvalue weighted by Crippen LogP contribution is -2.00. The van der Waals surface area contributed by atoms with Crippen molar-refractivity contribution in [1.29, 1.82) is 5.26 Å². The van der Waals surface area contributed by atoms with Gasteiger partial charge in [0, 0.05) is 27.8 Å². The number of hydrogen-bond acceptors (Lipinski definition) is 5. The molecule has 0 aliphatic rings. The number of hydrogen-bond donors (Lipinski definition) is 0. The van der Waals surface area contributed by atoms with Crippen molar-refractivity contribution in [2.24, 2.45) is 0 Å². The van der Waals surface area contributed by atoms with Crippen molar-refractivity contribution in [3.8, 4) is 85.0 Å². The minimum Gasteiger partial charge on any atom is -0.248 e. The summed E-state index contributed by atoms with van der Waals surface area (Å²) in [5.74, 6) is 1.71. The van der Waals surface area contributed by atoms with Crippen molar-refractivity contribution in [3.05, 3.63) is 181 Å². The fourth-order valence-electron chi connectivity index (χ4n) is 5.95. The molecule has 6 aromatic carbocycles. The van der Waals surface area contributed by atoms with Crippen LogP contribution in [0.5, 0.6) is 0 Å². The van der Waals surface area contributed by atoms with Gasteiger partial charge in [-0.3, -0.25) is 0 Å². The zero-order valence-corrected chi connectivity index (χ0v) is 27.0. The molecule has 0 radical (unpaired) electrons. The molecule has 0 fully saturated rings. The maximum absolute atomic E-state index is 9.29. The second-order valence-electron chi connectivity index (χ2n) is 11.9. The van der Waals surface area contributed by atoms with Gasteiger partial charge in [0.25, 0.3) is 0 Å². The van der Waals surface area contributed by atoms with E-state index in [0.717, 1.165) is 61.5 Å². The lowest BCUT2D eigenvalue weighted by Gasteiger charge is -2.11. The first kappa shape index (κ1) is 30.3. The molecule has 8 aromatic rings. The van der Waals surface area contributed by atoms with E-state index in [0.29, 0.717) is 23.0 Å². The Labute approximate surface area is 290 Å². The van der Waals surface area contributed by atoms with Crippen LogP contribution in [0.25, 0.3) is 78.9 Å². The predicted octanol–water partition coefficient (Wildman–Crippen LogP) is 10.8. The topological polar surface area (TPSA) is 75.3 Å². The van der Waals surface area contributed by atoms with Crippen LogP contribution in [0, 0.1) is 11.3 Å². The Bertz CT molecular complexity index is 2400. The zero-order valence-electron chi connectivity index (χ0n) is 27.0. The van der Waals surface area contributed by atoms with E-state index in [2.05, 4.69) is 91.0 Å². The molecule has 5 heteroatoms. The monoisotopic (exact) mass is 639 g/mol. The smallest absolute Gasteiger partial charge is 0.164 e. The first-order chi connectivity index (χ1) is 24.7. The number of benzene rings is 6. The summed E-state index contributed by atoms with van der Waals surface area (Å²) >= 11 is 0. The van der Waals surface area contributed by atoms with Gasteiger partial charge in [-0.2, -0.15) is 5.26 Å². The lowest BCUT2D eigenvalue weighted by atomic mass is 9.98. The molecule has 0 atom stereocenters. The molecule has 5 nitrogen and oxygen atoms in total. The average Bonchev–Trinajstić information content (AvgIpc) is 3.21. The standard InChI is InChI=1S/C45H29N5/c46-30-31-19-21-37(22-20-31)44-48-43(36-15-8-3-9-16-36)49-45(50-44)39-18-10-17-38(27-39)33-23-25-35(26-24-33)42-29-40(32-11-4-1-5-12-32)28-41(47-42)34-13-6-2-7-14-34/h1-29H. The van der Waals surface area contributed by atoms with E-state index in [4.69, 9.17) is 19.9 Å². The highest BCUT2D eigenvalue weighted by Gasteiger charge is 2.14. The Morgan fingerprint density at radius 3 is 1.28 bits per heavy atom. The number of nitrogens with zero attached hydrogens (tertiary/aromatic N) is 5. The Morgan fingerprint density at radius 1 is 0.300 bits per heavy atom. The van der Waals surface area contributed by atoms with Gasteiger partial charge in [0.05, 0.1) is 23.0 Å². The van der Waals surface area contributed by atoms with Gasteiger partial charge < -0.3 is 0 Å². The molecule has 0 bridgehead atoms. The minimum absolute atomic E-state index is 0.549. The molecular formula is C45H29N5. The van der Waals surface area contributed by atoms with E-state index in [1.165, 1.54) is 0 Å². The Balaban J connectivity index is 1.16. The third-order valence-corrected chi connectivity index (χ3v) is 8.58. The first-order valence-electron chi connectivity index (χ1n) is 16.4. The van der Waals surface area contributed by atoms with Crippen molar-refractivity contribution in [1.82, 2.24) is 19.9 Å². The van der Waals surface area contributed by atoms with Gasteiger partial charge in [0.1, 0.15) is 0 Å². The van der Waals surface area contributed by atoms with Crippen LogP contribution in [0.1, 0.15) is 5.56 Å². The summed E-state index contributed by atoms with van der Waals surface area (Å²) in [5.41, 5.74) is 11.5. The minimum atomic E-state index is 0.549. The molecule has 8 rings (SSSR count). The third-order valence-electron chi connectivity index (χ3n) is 8.58. The molecule has 0 aliphatic heterocycles. The Morgan fingerprint density at radius 2 is 0.700 bits per heavy atom. The van der Waals surface area contributed by atoms with Crippen LogP contribution in [0.15, 0.2) is 176 Å². The Hall–Kier alpha value is -7.03. The van der Waals surface area contributed by atoms with E-state index in [9.17, 15) is 5.26 Å². The van der Waals surface area contributed by atoms with Crippen LogP contribution in [0.2, 0.25) is 0 Å². The van der Waals surface area contributed by atoms with Crippen molar-refractivity contribution in [2.75, 3.05) is 0 Å². The highest BCUT2D eigenvalue weighted by Crippen LogP contribution is 2.33. The maximum Gasteiger partial charge on any atom is 0.164 e. The van der Waals surface area contributed by atoms with E-state index in [-0.39, 0.29) is 0 Å². The van der Waals surface area contributed by atoms with E-state index < -0.39 is 0 Å². The van der Waals surface area contributed by atoms with Crippen molar-refractivity contribution >= 4 is 0 Å². The third kappa shape index (κ3) is 6.42. The Kier molecular flexibility index (Phi) is 8.25. The molecule has 0 spiro atoms. The summed E-state index contributed by atoms with van der Waals surface area (Å²) in [6.45, 7) is 0. The van der Waals surface area contributed by atoms with Gasteiger partial charge in [-0.05, 0) is 64.7 Å². The SMILES string of the molecule is N#Cc1ccc(-c2nc(-c3ccccc3)nc(-c3cccc(-c4ccc(-c5cc(-c6ccccc6)cc(-c6ccccc6)n5)cc4)c3)n2)cc1. The van der Waals surface area contributed by atoms with E-state index in [1.807, 2.05) is 78.9 Å². The summed E-state index contributed by atoms with van der Waals surface area (Å²) in [7, 11) is 0. The second kappa shape index (κ2) is 13.6.